The lowest BCUT2D eigenvalue weighted by Crippen LogP contribution is -2.58. The third-order valence-corrected chi connectivity index (χ3v) is 3.68. The fourth-order valence-corrected chi connectivity index (χ4v) is 1.85. The molecule has 0 aromatic carbocycles. The van der Waals surface area contributed by atoms with Gasteiger partial charge in [-0.2, -0.15) is 48.3 Å². The van der Waals surface area contributed by atoms with Crippen molar-refractivity contribution in [2.24, 2.45) is 0 Å². The van der Waals surface area contributed by atoms with Crippen LogP contribution in [0.3, 0.4) is 0 Å². The number of thiol groups is 1. The van der Waals surface area contributed by atoms with Crippen molar-refractivity contribution in [3.63, 3.8) is 0 Å². The SMILES string of the molecule is C=C(F)C(=O)OC(OCCCCC(F)(F)C(F)(F)S)(C(=O)OCCC(F)(F)F)C(F)(F)F. The van der Waals surface area contributed by atoms with Gasteiger partial charge in [0.1, 0.15) is 6.61 Å². The standard InChI is InChI=1S/C15H15F11O5S/c1-8(16)9(27)31-13(14(22,23)24,10(28)29-7-5-12(19,20)21)30-6-3-2-4-11(17,18)15(25,26)32/h32H,1-7H2. The van der Waals surface area contributed by atoms with Gasteiger partial charge < -0.3 is 14.2 Å². The van der Waals surface area contributed by atoms with Crippen LogP contribution in [0.4, 0.5) is 48.3 Å². The number of halogens is 11. The number of hydrogen-bond donors (Lipinski definition) is 1. The first-order valence-electron chi connectivity index (χ1n) is 8.17. The molecule has 0 saturated heterocycles. The Morgan fingerprint density at radius 3 is 1.78 bits per heavy atom. The van der Waals surface area contributed by atoms with Crippen molar-refractivity contribution in [2.45, 2.75) is 55.0 Å². The van der Waals surface area contributed by atoms with Gasteiger partial charge in [-0.3, -0.25) is 0 Å². The summed E-state index contributed by atoms with van der Waals surface area (Å²) in [6.45, 7) is -0.752. The van der Waals surface area contributed by atoms with Gasteiger partial charge in [0.05, 0.1) is 13.0 Å². The lowest BCUT2D eigenvalue weighted by molar-refractivity contribution is -0.355. The number of carbonyl (C=O) groups excluding carboxylic acids is 2. The van der Waals surface area contributed by atoms with Crippen molar-refractivity contribution in [1.82, 2.24) is 0 Å². The van der Waals surface area contributed by atoms with Crippen molar-refractivity contribution in [3.05, 3.63) is 12.4 Å². The van der Waals surface area contributed by atoms with E-state index >= 15 is 0 Å². The predicted molar refractivity (Wildman–Crippen MR) is 85.4 cm³/mol. The van der Waals surface area contributed by atoms with Gasteiger partial charge in [-0.15, -0.1) is 0 Å². The monoisotopic (exact) mass is 516 g/mol. The van der Waals surface area contributed by atoms with E-state index in [1.807, 2.05) is 0 Å². The molecule has 0 N–H and O–H groups in total. The van der Waals surface area contributed by atoms with Crippen LogP contribution in [0.15, 0.2) is 12.4 Å². The number of rotatable bonds is 12. The molecule has 0 heterocycles. The highest BCUT2D eigenvalue weighted by molar-refractivity contribution is 7.81. The van der Waals surface area contributed by atoms with Gasteiger partial charge in [-0.25, -0.2) is 9.59 Å². The summed E-state index contributed by atoms with van der Waals surface area (Å²) in [6.07, 6.45) is -16.3. The molecular weight excluding hydrogens is 501 g/mol. The van der Waals surface area contributed by atoms with Gasteiger partial charge in [0.25, 0.3) is 0 Å². The summed E-state index contributed by atoms with van der Waals surface area (Å²) in [6, 6.07) is 0. The van der Waals surface area contributed by atoms with Crippen LogP contribution in [0.1, 0.15) is 25.7 Å². The van der Waals surface area contributed by atoms with Gasteiger partial charge in [0.2, 0.25) is 5.83 Å². The minimum absolute atomic E-state index is 0.874. The number of unbranched alkanes of at least 4 members (excludes halogenated alkanes) is 1. The fraction of sp³-hybridized carbons (Fsp3) is 0.733. The Labute approximate surface area is 178 Å². The van der Waals surface area contributed by atoms with E-state index in [2.05, 4.69) is 33.4 Å². The lowest BCUT2D eigenvalue weighted by Gasteiger charge is -2.32. The van der Waals surface area contributed by atoms with Gasteiger partial charge in [-0.1, -0.05) is 19.2 Å². The minimum atomic E-state index is -6.06. The van der Waals surface area contributed by atoms with Gasteiger partial charge in [0, 0.05) is 6.42 Å². The van der Waals surface area contributed by atoms with E-state index in [1.54, 1.807) is 0 Å². The van der Waals surface area contributed by atoms with E-state index < -0.39 is 86.0 Å². The Kier molecular flexibility index (Phi) is 10.3. The highest BCUT2D eigenvalue weighted by atomic mass is 32.1. The highest BCUT2D eigenvalue weighted by Crippen LogP contribution is 2.41. The van der Waals surface area contributed by atoms with Gasteiger partial charge in [0.15, 0.2) is 0 Å². The highest BCUT2D eigenvalue weighted by Gasteiger charge is 2.68. The summed E-state index contributed by atoms with van der Waals surface area (Å²) < 4.78 is 152. The topological polar surface area (TPSA) is 61.8 Å². The molecule has 0 aliphatic rings. The molecule has 0 aromatic heterocycles. The molecule has 188 valence electrons. The number of hydrogen-bond acceptors (Lipinski definition) is 6. The van der Waals surface area contributed by atoms with E-state index in [-0.39, 0.29) is 0 Å². The Morgan fingerprint density at radius 1 is 0.844 bits per heavy atom. The Morgan fingerprint density at radius 2 is 1.38 bits per heavy atom. The van der Waals surface area contributed by atoms with E-state index in [4.69, 9.17) is 0 Å². The molecule has 0 radical (unpaired) electrons. The summed E-state index contributed by atoms with van der Waals surface area (Å²) in [5.41, 5.74) is 0. The maximum atomic E-state index is 13.5. The molecular formula is C15H15F11O5S. The largest absolute Gasteiger partial charge is 0.468 e. The number of alkyl halides is 10. The van der Waals surface area contributed by atoms with Crippen molar-refractivity contribution in [1.29, 1.82) is 0 Å². The third-order valence-electron chi connectivity index (χ3n) is 3.35. The van der Waals surface area contributed by atoms with Crippen LogP contribution in [-0.4, -0.2) is 54.5 Å². The first-order chi connectivity index (χ1) is 14.2. The van der Waals surface area contributed by atoms with Crippen molar-refractivity contribution < 1.29 is 72.1 Å². The van der Waals surface area contributed by atoms with Crippen LogP contribution in [0.2, 0.25) is 0 Å². The number of carbonyl (C=O) groups is 2. The van der Waals surface area contributed by atoms with Crippen LogP contribution >= 0.6 is 12.6 Å². The molecule has 0 aliphatic carbocycles. The lowest BCUT2D eigenvalue weighted by atomic mass is 10.1. The second-order valence-corrected chi connectivity index (χ2v) is 6.52. The zero-order valence-electron chi connectivity index (χ0n) is 15.6. The maximum absolute atomic E-state index is 13.5. The Hall–Kier alpha value is -1.78. The Balaban J connectivity index is 5.49. The smallest absolute Gasteiger partial charge is 0.460 e. The van der Waals surface area contributed by atoms with Gasteiger partial charge in [-0.05, 0) is 12.8 Å². The average molecular weight is 516 g/mol. The summed E-state index contributed by atoms with van der Waals surface area (Å²) in [4.78, 5) is 23.0. The van der Waals surface area contributed by atoms with Crippen LogP contribution in [0.5, 0.6) is 0 Å². The first kappa shape index (κ1) is 30.2. The molecule has 0 bridgehead atoms. The van der Waals surface area contributed by atoms with Gasteiger partial charge >= 0.3 is 41.3 Å². The number of esters is 2. The van der Waals surface area contributed by atoms with Crippen LogP contribution in [0, 0.1) is 0 Å². The van der Waals surface area contributed by atoms with Crippen molar-refractivity contribution in [3.8, 4) is 0 Å². The molecule has 0 saturated carbocycles. The predicted octanol–water partition coefficient (Wildman–Crippen LogP) is 5.11. The van der Waals surface area contributed by atoms with Crippen LogP contribution in [-0.2, 0) is 23.8 Å². The second kappa shape index (κ2) is 10.9. The van der Waals surface area contributed by atoms with Crippen LogP contribution < -0.4 is 0 Å². The molecule has 0 amide bonds. The molecule has 32 heavy (non-hydrogen) atoms. The first-order valence-corrected chi connectivity index (χ1v) is 8.61. The summed E-state index contributed by atoms with van der Waals surface area (Å²) in [5.74, 6) is -16.9. The molecule has 0 rings (SSSR count). The molecule has 0 aromatic rings. The molecule has 5 nitrogen and oxygen atoms in total. The normalized spacial score (nSPS) is 15.1. The number of ether oxygens (including phenoxy) is 3. The summed E-state index contributed by atoms with van der Waals surface area (Å²) in [7, 11) is 0. The molecule has 0 fully saturated rings. The summed E-state index contributed by atoms with van der Waals surface area (Å²) >= 11 is 2.37. The maximum Gasteiger partial charge on any atom is 0.468 e. The zero-order valence-corrected chi connectivity index (χ0v) is 16.5. The fourth-order valence-electron chi connectivity index (χ4n) is 1.74. The van der Waals surface area contributed by atoms with E-state index in [0.717, 1.165) is 0 Å². The molecule has 0 spiro atoms. The molecule has 17 heteroatoms. The third kappa shape index (κ3) is 8.99. The molecule has 1 atom stereocenters. The van der Waals surface area contributed by atoms with E-state index in [9.17, 15) is 57.9 Å². The Bertz CT molecular complexity index is 672. The quantitative estimate of drug-likeness (QED) is 0.0976. The minimum Gasteiger partial charge on any atom is -0.460 e. The molecule has 0 aliphatic heterocycles. The second-order valence-electron chi connectivity index (χ2n) is 5.96. The summed E-state index contributed by atoms with van der Waals surface area (Å²) in [5, 5.41) is -4.76. The molecule has 1 unspecified atom stereocenters. The van der Waals surface area contributed by atoms with Crippen molar-refractivity contribution in [2.75, 3.05) is 13.2 Å². The van der Waals surface area contributed by atoms with Crippen molar-refractivity contribution >= 4 is 24.6 Å². The van der Waals surface area contributed by atoms with E-state index in [0.29, 0.717) is 0 Å². The average Bonchev–Trinajstić information content (AvgIpc) is 2.56. The van der Waals surface area contributed by atoms with Crippen LogP contribution in [0.25, 0.3) is 0 Å². The van der Waals surface area contributed by atoms with E-state index in [1.165, 1.54) is 0 Å². The zero-order chi connectivity index (χ0) is 25.6.